The summed E-state index contributed by atoms with van der Waals surface area (Å²) >= 11 is 0. The van der Waals surface area contributed by atoms with Gasteiger partial charge in [-0.2, -0.15) is 0 Å². The van der Waals surface area contributed by atoms with Gasteiger partial charge in [0.25, 0.3) is 0 Å². The number of anilines is 1. The molecule has 3 rings (SSSR count). The number of phenols is 1. The lowest BCUT2D eigenvalue weighted by atomic mass is 10.1. The standard InChI is InChI=1S/C20H21NO4/c1-24-19-13-16(12-17(14-22)20(19)23)3-2-15-4-6-18(7-5-15)21-8-10-25-11-9-21/h2-7,12-14,23H,8-11H2,1H3/b3-2-. The number of hydrogen-bond donors (Lipinski definition) is 1. The zero-order valence-corrected chi connectivity index (χ0v) is 14.1. The highest BCUT2D eigenvalue weighted by Crippen LogP contribution is 2.31. The molecule has 25 heavy (non-hydrogen) atoms. The Balaban J connectivity index is 1.76. The fraction of sp³-hybridized carbons (Fsp3) is 0.250. The van der Waals surface area contributed by atoms with E-state index in [0.717, 1.165) is 37.4 Å². The molecule has 0 saturated carbocycles. The van der Waals surface area contributed by atoms with Crippen LogP contribution in [0.15, 0.2) is 36.4 Å². The summed E-state index contributed by atoms with van der Waals surface area (Å²) in [6, 6.07) is 11.6. The first-order chi connectivity index (χ1) is 12.2. The van der Waals surface area contributed by atoms with Crippen molar-refractivity contribution in [2.24, 2.45) is 0 Å². The van der Waals surface area contributed by atoms with Crippen molar-refractivity contribution < 1.29 is 19.4 Å². The van der Waals surface area contributed by atoms with Crippen LogP contribution in [0.1, 0.15) is 21.5 Å². The van der Waals surface area contributed by atoms with Crippen LogP contribution in [0.5, 0.6) is 11.5 Å². The third kappa shape index (κ3) is 4.00. The Morgan fingerprint density at radius 2 is 1.76 bits per heavy atom. The monoisotopic (exact) mass is 339 g/mol. The zero-order valence-electron chi connectivity index (χ0n) is 14.1. The van der Waals surface area contributed by atoms with Gasteiger partial charge in [0.05, 0.1) is 25.9 Å². The van der Waals surface area contributed by atoms with Gasteiger partial charge in [-0.25, -0.2) is 0 Å². The summed E-state index contributed by atoms with van der Waals surface area (Å²) in [4.78, 5) is 13.4. The van der Waals surface area contributed by atoms with Crippen LogP contribution < -0.4 is 9.64 Å². The first-order valence-corrected chi connectivity index (χ1v) is 8.18. The predicted octanol–water partition coefficient (Wildman–Crippen LogP) is 3.22. The molecule has 0 bridgehead atoms. The number of benzene rings is 2. The van der Waals surface area contributed by atoms with Crippen LogP contribution >= 0.6 is 0 Å². The van der Waals surface area contributed by atoms with Crippen LogP contribution in [0, 0.1) is 0 Å². The summed E-state index contributed by atoms with van der Waals surface area (Å²) in [5.74, 6) is 0.149. The van der Waals surface area contributed by atoms with Gasteiger partial charge in [-0.05, 0) is 35.4 Å². The average Bonchev–Trinajstić information content (AvgIpc) is 2.68. The van der Waals surface area contributed by atoms with Gasteiger partial charge in [-0.3, -0.25) is 4.79 Å². The lowest BCUT2D eigenvalue weighted by Gasteiger charge is -2.28. The zero-order chi connectivity index (χ0) is 17.6. The lowest BCUT2D eigenvalue weighted by Crippen LogP contribution is -2.36. The van der Waals surface area contributed by atoms with Crippen LogP contribution in [-0.2, 0) is 4.74 Å². The third-order valence-electron chi connectivity index (χ3n) is 4.21. The maximum atomic E-state index is 11.1. The fourth-order valence-corrected chi connectivity index (χ4v) is 2.80. The van der Waals surface area contributed by atoms with Gasteiger partial charge in [0.15, 0.2) is 17.8 Å². The van der Waals surface area contributed by atoms with Gasteiger partial charge in [-0.15, -0.1) is 0 Å². The molecule has 0 spiro atoms. The molecule has 1 N–H and O–H groups in total. The second-order valence-corrected chi connectivity index (χ2v) is 5.80. The normalized spacial score (nSPS) is 14.7. The van der Waals surface area contributed by atoms with Gasteiger partial charge in [0.2, 0.25) is 0 Å². The largest absolute Gasteiger partial charge is 0.504 e. The highest BCUT2D eigenvalue weighted by molar-refractivity contribution is 5.84. The van der Waals surface area contributed by atoms with Crippen molar-refractivity contribution in [1.82, 2.24) is 0 Å². The number of methoxy groups -OCH3 is 1. The molecule has 1 aliphatic rings. The number of nitrogens with zero attached hydrogens (tertiary/aromatic N) is 1. The number of carbonyl (C=O) groups is 1. The van der Waals surface area contributed by atoms with Crippen molar-refractivity contribution in [2.45, 2.75) is 0 Å². The van der Waals surface area contributed by atoms with Crippen molar-refractivity contribution in [2.75, 3.05) is 38.3 Å². The Kier molecular flexibility index (Phi) is 5.36. The van der Waals surface area contributed by atoms with Gasteiger partial charge in [0.1, 0.15) is 0 Å². The minimum absolute atomic E-state index is 0.135. The first-order valence-electron chi connectivity index (χ1n) is 8.18. The number of morpholine rings is 1. The number of ether oxygens (including phenoxy) is 2. The predicted molar refractivity (Wildman–Crippen MR) is 98.4 cm³/mol. The topological polar surface area (TPSA) is 59.0 Å². The summed E-state index contributed by atoms with van der Waals surface area (Å²) < 4.78 is 10.5. The lowest BCUT2D eigenvalue weighted by molar-refractivity contribution is 0.112. The van der Waals surface area contributed by atoms with Crippen molar-refractivity contribution in [3.8, 4) is 11.5 Å². The van der Waals surface area contributed by atoms with E-state index in [1.165, 1.54) is 12.8 Å². The second kappa shape index (κ2) is 7.85. The van der Waals surface area contributed by atoms with Crippen LogP contribution in [-0.4, -0.2) is 44.8 Å². The quantitative estimate of drug-likeness (QED) is 0.669. The number of phenolic OH excluding ortho intramolecular Hbond substituents is 1. The minimum Gasteiger partial charge on any atom is -0.504 e. The summed E-state index contributed by atoms with van der Waals surface area (Å²) in [6.45, 7) is 3.36. The van der Waals surface area contributed by atoms with Crippen molar-refractivity contribution in [1.29, 1.82) is 0 Å². The average molecular weight is 339 g/mol. The number of aromatic hydroxyl groups is 1. The van der Waals surface area contributed by atoms with E-state index in [1.54, 1.807) is 12.1 Å². The fourth-order valence-electron chi connectivity index (χ4n) is 2.80. The Morgan fingerprint density at radius 1 is 1.08 bits per heavy atom. The Labute approximate surface area is 147 Å². The molecule has 5 heteroatoms. The summed E-state index contributed by atoms with van der Waals surface area (Å²) in [7, 11) is 1.46. The highest BCUT2D eigenvalue weighted by Gasteiger charge is 2.11. The smallest absolute Gasteiger partial charge is 0.168 e. The molecule has 0 atom stereocenters. The molecule has 0 aromatic heterocycles. The van der Waals surface area contributed by atoms with E-state index in [2.05, 4.69) is 29.2 Å². The number of carbonyl (C=O) groups excluding carboxylic acids is 1. The van der Waals surface area contributed by atoms with E-state index in [1.807, 2.05) is 12.2 Å². The summed E-state index contributed by atoms with van der Waals surface area (Å²) in [5.41, 5.74) is 3.24. The van der Waals surface area contributed by atoms with Crippen molar-refractivity contribution in [3.05, 3.63) is 53.1 Å². The molecular weight excluding hydrogens is 318 g/mol. The molecule has 1 saturated heterocycles. The van der Waals surface area contributed by atoms with E-state index in [9.17, 15) is 9.90 Å². The summed E-state index contributed by atoms with van der Waals surface area (Å²) in [5, 5.41) is 9.86. The number of hydrogen-bond acceptors (Lipinski definition) is 5. The third-order valence-corrected chi connectivity index (χ3v) is 4.21. The van der Waals surface area contributed by atoms with Gasteiger partial charge < -0.3 is 19.5 Å². The Hall–Kier alpha value is -2.79. The molecule has 1 aliphatic heterocycles. The molecule has 0 radical (unpaired) electrons. The number of aldehydes is 1. The maximum absolute atomic E-state index is 11.1. The highest BCUT2D eigenvalue weighted by atomic mass is 16.5. The molecular formula is C20H21NO4. The van der Waals surface area contributed by atoms with E-state index in [-0.39, 0.29) is 17.1 Å². The van der Waals surface area contributed by atoms with Gasteiger partial charge >= 0.3 is 0 Å². The molecule has 0 aliphatic carbocycles. The first kappa shape index (κ1) is 17.0. The van der Waals surface area contributed by atoms with Crippen LogP contribution in [0.4, 0.5) is 5.69 Å². The van der Waals surface area contributed by atoms with E-state index in [4.69, 9.17) is 9.47 Å². The van der Waals surface area contributed by atoms with Crippen molar-refractivity contribution in [3.63, 3.8) is 0 Å². The van der Waals surface area contributed by atoms with Crippen LogP contribution in [0.3, 0.4) is 0 Å². The van der Waals surface area contributed by atoms with Gasteiger partial charge in [0, 0.05) is 18.8 Å². The molecule has 1 fully saturated rings. The SMILES string of the molecule is COc1cc(/C=C\c2ccc(N3CCOCC3)cc2)cc(C=O)c1O. The minimum atomic E-state index is -0.135. The van der Waals surface area contributed by atoms with Crippen molar-refractivity contribution >= 4 is 24.1 Å². The molecule has 0 amide bonds. The molecule has 1 heterocycles. The van der Waals surface area contributed by atoms with Gasteiger partial charge in [-0.1, -0.05) is 24.3 Å². The molecule has 2 aromatic rings. The van der Waals surface area contributed by atoms with Crippen LogP contribution in [0.2, 0.25) is 0 Å². The Morgan fingerprint density at radius 3 is 2.40 bits per heavy atom. The second-order valence-electron chi connectivity index (χ2n) is 5.80. The van der Waals surface area contributed by atoms with Crippen LogP contribution in [0.25, 0.3) is 12.2 Å². The summed E-state index contributed by atoms with van der Waals surface area (Å²) in [6.07, 6.45) is 4.47. The molecule has 5 nitrogen and oxygen atoms in total. The number of rotatable bonds is 5. The molecule has 2 aromatic carbocycles. The van der Waals surface area contributed by atoms with E-state index in [0.29, 0.717) is 6.29 Å². The van der Waals surface area contributed by atoms with E-state index >= 15 is 0 Å². The molecule has 0 unspecified atom stereocenters. The molecule has 130 valence electrons. The maximum Gasteiger partial charge on any atom is 0.168 e. The van der Waals surface area contributed by atoms with E-state index < -0.39 is 0 Å². The Bertz CT molecular complexity index is 762.